The van der Waals surface area contributed by atoms with Gasteiger partial charge in [0.05, 0.1) is 16.7 Å². The lowest BCUT2D eigenvalue weighted by molar-refractivity contribution is -0.118. The Morgan fingerprint density at radius 2 is 1.62 bits per heavy atom. The van der Waals surface area contributed by atoms with E-state index in [2.05, 4.69) is 10.6 Å². The molecule has 0 atom stereocenters. The topological polar surface area (TPSA) is 79.8 Å². The first-order valence-corrected chi connectivity index (χ1v) is 10.8. The normalized spacial score (nSPS) is 10.5. The summed E-state index contributed by atoms with van der Waals surface area (Å²) in [5, 5.41) is 16.0. The van der Waals surface area contributed by atoms with E-state index in [9.17, 15) is 9.90 Å². The van der Waals surface area contributed by atoms with Gasteiger partial charge in [-0.15, -0.1) is 0 Å². The lowest BCUT2D eigenvalue weighted by Gasteiger charge is -2.14. The maximum atomic E-state index is 12.2. The largest absolute Gasteiger partial charge is 0.505 e. The molecule has 168 valence electrons. The van der Waals surface area contributed by atoms with Gasteiger partial charge in [0.2, 0.25) is 0 Å². The van der Waals surface area contributed by atoms with E-state index in [4.69, 9.17) is 32.7 Å². The van der Waals surface area contributed by atoms with Crippen molar-refractivity contribution >= 4 is 40.5 Å². The number of carbonyl (C=O) groups excluding carboxylic acids is 1. The first kappa shape index (κ1) is 23.6. The van der Waals surface area contributed by atoms with Crippen molar-refractivity contribution < 1.29 is 19.4 Å². The molecule has 0 aliphatic carbocycles. The smallest absolute Gasteiger partial charge is 0.262 e. The highest BCUT2D eigenvalue weighted by Gasteiger charge is 2.11. The van der Waals surface area contributed by atoms with Crippen LogP contribution >= 0.6 is 23.2 Å². The zero-order valence-corrected chi connectivity index (χ0v) is 19.3. The van der Waals surface area contributed by atoms with E-state index < -0.39 is 0 Å². The molecular formula is C24H24Cl2N2O4. The van der Waals surface area contributed by atoms with Crippen LogP contribution in [0.1, 0.15) is 18.1 Å². The van der Waals surface area contributed by atoms with Crippen molar-refractivity contribution in [1.82, 2.24) is 0 Å². The Bertz CT molecular complexity index is 1060. The highest BCUT2D eigenvalue weighted by Crippen LogP contribution is 2.35. The fraction of sp³-hybridized carbons (Fsp3) is 0.208. The Labute approximate surface area is 197 Å². The Kier molecular flexibility index (Phi) is 8.09. The number of amides is 1. The molecule has 3 rings (SSSR count). The molecule has 0 aromatic heterocycles. The molecule has 32 heavy (non-hydrogen) atoms. The van der Waals surface area contributed by atoms with Crippen molar-refractivity contribution in [2.24, 2.45) is 0 Å². The predicted octanol–water partition coefficient (Wildman–Crippen LogP) is 6.04. The van der Waals surface area contributed by atoms with E-state index >= 15 is 0 Å². The molecule has 0 aliphatic rings. The molecule has 3 aromatic rings. The second-order valence-corrected chi connectivity index (χ2v) is 7.87. The number of rotatable bonds is 9. The molecule has 1 amide bonds. The third-order valence-electron chi connectivity index (χ3n) is 4.52. The molecule has 3 N–H and O–H groups in total. The Balaban J connectivity index is 1.62. The summed E-state index contributed by atoms with van der Waals surface area (Å²) >= 11 is 11.9. The lowest BCUT2D eigenvalue weighted by atomic mass is 10.2. The molecule has 8 heteroatoms. The van der Waals surface area contributed by atoms with Crippen molar-refractivity contribution in [2.45, 2.75) is 20.4 Å². The van der Waals surface area contributed by atoms with Gasteiger partial charge in [0.1, 0.15) is 0 Å². The summed E-state index contributed by atoms with van der Waals surface area (Å²) in [6.45, 7) is 4.63. The summed E-state index contributed by atoms with van der Waals surface area (Å²) in [5.41, 5.74) is 3.42. The first-order valence-electron chi connectivity index (χ1n) is 10.0. The van der Waals surface area contributed by atoms with Gasteiger partial charge in [-0.2, -0.15) is 0 Å². The molecule has 0 radical (unpaired) electrons. The van der Waals surface area contributed by atoms with Crippen LogP contribution in [-0.2, 0) is 11.3 Å². The average Bonchev–Trinajstić information content (AvgIpc) is 2.77. The summed E-state index contributed by atoms with van der Waals surface area (Å²) in [6.07, 6.45) is 0. The quantitative estimate of drug-likeness (QED) is 0.329. The molecule has 0 fully saturated rings. The van der Waals surface area contributed by atoms with Gasteiger partial charge in [-0.1, -0.05) is 47.0 Å². The number of benzene rings is 3. The number of halogens is 2. The molecule has 0 saturated carbocycles. The van der Waals surface area contributed by atoms with E-state index in [-0.39, 0.29) is 28.3 Å². The average molecular weight is 475 g/mol. The maximum Gasteiger partial charge on any atom is 0.262 e. The second kappa shape index (κ2) is 11.0. The minimum Gasteiger partial charge on any atom is -0.505 e. The van der Waals surface area contributed by atoms with Gasteiger partial charge in [0.25, 0.3) is 5.91 Å². The summed E-state index contributed by atoms with van der Waals surface area (Å²) < 4.78 is 11.4. The minimum atomic E-state index is -0.261. The van der Waals surface area contributed by atoms with Crippen molar-refractivity contribution in [2.75, 3.05) is 23.8 Å². The highest BCUT2D eigenvalue weighted by molar-refractivity contribution is 6.37. The van der Waals surface area contributed by atoms with Gasteiger partial charge in [-0.25, -0.2) is 0 Å². The second-order valence-electron chi connectivity index (χ2n) is 7.06. The van der Waals surface area contributed by atoms with Gasteiger partial charge >= 0.3 is 0 Å². The van der Waals surface area contributed by atoms with Crippen LogP contribution in [-0.4, -0.2) is 24.2 Å². The third-order valence-corrected chi connectivity index (χ3v) is 5.09. The number of hydrogen-bond acceptors (Lipinski definition) is 5. The van der Waals surface area contributed by atoms with Crippen molar-refractivity contribution in [3.8, 4) is 17.2 Å². The third kappa shape index (κ3) is 6.45. The van der Waals surface area contributed by atoms with Gasteiger partial charge < -0.3 is 25.2 Å². The minimum absolute atomic E-state index is 0.143. The van der Waals surface area contributed by atoms with Crippen LogP contribution in [0.3, 0.4) is 0 Å². The molecular weight excluding hydrogens is 451 g/mol. The van der Waals surface area contributed by atoms with E-state index in [1.54, 1.807) is 18.2 Å². The summed E-state index contributed by atoms with van der Waals surface area (Å²) in [7, 11) is 0. The molecule has 0 spiro atoms. The van der Waals surface area contributed by atoms with Crippen molar-refractivity contribution in [1.29, 1.82) is 0 Å². The monoisotopic (exact) mass is 474 g/mol. The molecule has 6 nitrogen and oxygen atoms in total. The van der Waals surface area contributed by atoms with Crippen LogP contribution < -0.4 is 20.1 Å². The summed E-state index contributed by atoms with van der Waals surface area (Å²) in [5.74, 6) is 0.607. The van der Waals surface area contributed by atoms with Gasteiger partial charge in [0.15, 0.2) is 23.9 Å². The fourth-order valence-corrected chi connectivity index (χ4v) is 3.39. The molecule has 0 aliphatic heterocycles. The zero-order chi connectivity index (χ0) is 23.1. The van der Waals surface area contributed by atoms with Crippen LogP contribution in [0.15, 0.2) is 54.6 Å². The zero-order valence-electron chi connectivity index (χ0n) is 17.7. The number of anilines is 2. The standard InChI is InChI=1S/C24H24Cl2N2O4/c1-3-31-22-10-16(13-27-18-11-19(25)24(30)20(26)12-18)6-9-21(22)32-14-23(29)28-17-7-4-15(2)5-8-17/h4-12,27,30H,3,13-14H2,1-2H3,(H,28,29). The van der Waals surface area contributed by atoms with Gasteiger partial charge in [-0.05, 0) is 55.8 Å². The summed E-state index contributed by atoms with van der Waals surface area (Å²) in [6, 6.07) is 16.2. The van der Waals surface area contributed by atoms with E-state index in [1.807, 2.05) is 50.2 Å². The Morgan fingerprint density at radius 1 is 0.938 bits per heavy atom. The molecule has 3 aromatic carbocycles. The van der Waals surface area contributed by atoms with E-state index in [0.29, 0.717) is 36.0 Å². The summed E-state index contributed by atoms with van der Waals surface area (Å²) in [4.78, 5) is 12.2. The molecule has 0 bridgehead atoms. The molecule has 0 heterocycles. The predicted molar refractivity (Wildman–Crippen MR) is 128 cm³/mol. The van der Waals surface area contributed by atoms with Crippen molar-refractivity contribution in [3.63, 3.8) is 0 Å². The Morgan fingerprint density at radius 3 is 2.28 bits per heavy atom. The van der Waals surface area contributed by atoms with Crippen molar-refractivity contribution in [3.05, 3.63) is 75.8 Å². The highest BCUT2D eigenvalue weighted by atomic mass is 35.5. The number of carbonyl (C=O) groups is 1. The van der Waals surface area contributed by atoms with Crippen LogP contribution in [0.25, 0.3) is 0 Å². The number of hydrogen-bond donors (Lipinski definition) is 3. The fourth-order valence-electron chi connectivity index (χ4n) is 2.90. The van der Waals surface area contributed by atoms with Gasteiger partial charge in [0, 0.05) is 17.9 Å². The Hall–Kier alpha value is -3.09. The van der Waals surface area contributed by atoms with Crippen LogP contribution in [0.4, 0.5) is 11.4 Å². The molecule has 0 saturated heterocycles. The number of aromatic hydroxyl groups is 1. The number of phenols is 1. The number of phenolic OH excluding ortho intramolecular Hbond substituents is 1. The van der Waals surface area contributed by atoms with Crippen LogP contribution in [0.5, 0.6) is 17.2 Å². The van der Waals surface area contributed by atoms with Crippen LogP contribution in [0.2, 0.25) is 10.0 Å². The first-order chi connectivity index (χ1) is 15.4. The van der Waals surface area contributed by atoms with Crippen LogP contribution in [0, 0.1) is 6.92 Å². The number of nitrogens with one attached hydrogen (secondary N) is 2. The SMILES string of the molecule is CCOc1cc(CNc2cc(Cl)c(O)c(Cl)c2)ccc1OCC(=O)Nc1ccc(C)cc1. The van der Waals surface area contributed by atoms with E-state index in [1.165, 1.54) is 0 Å². The number of aryl methyl sites for hydroxylation is 1. The lowest BCUT2D eigenvalue weighted by Crippen LogP contribution is -2.20. The number of ether oxygens (including phenoxy) is 2. The van der Waals surface area contributed by atoms with E-state index in [0.717, 1.165) is 11.1 Å². The maximum absolute atomic E-state index is 12.2. The molecule has 0 unspecified atom stereocenters. The van der Waals surface area contributed by atoms with Gasteiger partial charge in [-0.3, -0.25) is 4.79 Å².